The summed E-state index contributed by atoms with van der Waals surface area (Å²) < 4.78 is 4.98. The van der Waals surface area contributed by atoms with Crippen LogP contribution in [0.4, 0.5) is 4.79 Å². The second kappa shape index (κ2) is 6.93. The standard InChI is InChI=1S/C12H20N2O3/c1-3-7-13-12(16)14-8-5-6-10(9-14)11(15)17-4-2/h3,7,10H,4-6,8-9H2,1-2H3,(H,13,16)/b7-3+. The lowest BCUT2D eigenvalue weighted by atomic mass is 9.98. The second-order valence-electron chi connectivity index (χ2n) is 3.99. The first-order valence-corrected chi connectivity index (χ1v) is 6.02. The number of ether oxygens (including phenoxy) is 1. The van der Waals surface area contributed by atoms with Crippen molar-refractivity contribution in [3.63, 3.8) is 0 Å². The van der Waals surface area contributed by atoms with Crippen molar-refractivity contribution in [2.75, 3.05) is 19.7 Å². The number of esters is 1. The lowest BCUT2D eigenvalue weighted by molar-refractivity contribution is -0.149. The number of likely N-dealkylation sites (tertiary alicyclic amines) is 1. The van der Waals surface area contributed by atoms with E-state index in [1.54, 1.807) is 24.1 Å². The van der Waals surface area contributed by atoms with Crippen LogP contribution in [-0.4, -0.2) is 36.6 Å². The Labute approximate surface area is 102 Å². The van der Waals surface area contributed by atoms with Gasteiger partial charge in [0.2, 0.25) is 0 Å². The molecule has 0 aromatic heterocycles. The number of rotatable bonds is 3. The highest BCUT2D eigenvalue weighted by molar-refractivity contribution is 5.77. The maximum Gasteiger partial charge on any atom is 0.321 e. The molecule has 1 unspecified atom stereocenters. The van der Waals surface area contributed by atoms with E-state index in [9.17, 15) is 9.59 Å². The first kappa shape index (κ1) is 13.5. The van der Waals surface area contributed by atoms with Crippen molar-refractivity contribution in [2.24, 2.45) is 5.92 Å². The molecule has 0 spiro atoms. The summed E-state index contributed by atoms with van der Waals surface area (Å²) in [4.78, 5) is 24.9. The van der Waals surface area contributed by atoms with Gasteiger partial charge in [0.15, 0.2) is 0 Å². The average molecular weight is 240 g/mol. The van der Waals surface area contributed by atoms with E-state index in [0.717, 1.165) is 12.8 Å². The largest absolute Gasteiger partial charge is 0.466 e. The summed E-state index contributed by atoms with van der Waals surface area (Å²) in [6.07, 6.45) is 4.99. The van der Waals surface area contributed by atoms with Crippen molar-refractivity contribution in [1.29, 1.82) is 0 Å². The van der Waals surface area contributed by atoms with E-state index >= 15 is 0 Å². The summed E-state index contributed by atoms with van der Waals surface area (Å²) in [6.45, 7) is 5.15. The van der Waals surface area contributed by atoms with Gasteiger partial charge in [0.05, 0.1) is 12.5 Å². The van der Waals surface area contributed by atoms with Crippen LogP contribution in [0.25, 0.3) is 0 Å². The van der Waals surface area contributed by atoms with Crippen molar-refractivity contribution in [1.82, 2.24) is 10.2 Å². The molecule has 96 valence electrons. The van der Waals surface area contributed by atoms with Crippen LogP contribution < -0.4 is 5.32 Å². The van der Waals surface area contributed by atoms with E-state index in [1.165, 1.54) is 0 Å². The van der Waals surface area contributed by atoms with Gasteiger partial charge in [0, 0.05) is 19.3 Å². The predicted octanol–water partition coefficient (Wildman–Crippen LogP) is 1.50. The Morgan fingerprint density at radius 2 is 2.29 bits per heavy atom. The number of nitrogens with one attached hydrogen (secondary N) is 1. The van der Waals surface area contributed by atoms with Gasteiger partial charge in [-0.2, -0.15) is 0 Å². The molecule has 0 aliphatic carbocycles. The van der Waals surface area contributed by atoms with Crippen molar-refractivity contribution in [3.8, 4) is 0 Å². The minimum atomic E-state index is -0.198. The summed E-state index contributed by atoms with van der Waals surface area (Å²) in [5.41, 5.74) is 0. The van der Waals surface area contributed by atoms with Crippen LogP contribution in [0.2, 0.25) is 0 Å². The number of hydrogen-bond acceptors (Lipinski definition) is 3. The highest BCUT2D eigenvalue weighted by atomic mass is 16.5. The fourth-order valence-corrected chi connectivity index (χ4v) is 1.86. The molecule has 1 rings (SSSR count). The number of nitrogens with zero attached hydrogens (tertiary/aromatic N) is 1. The molecule has 1 aliphatic rings. The van der Waals surface area contributed by atoms with E-state index in [0.29, 0.717) is 19.7 Å². The molecule has 5 heteroatoms. The van der Waals surface area contributed by atoms with Gasteiger partial charge < -0.3 is 15.0 Å². The van der Waals surface area contributed by atoms with Crippen LogP contribution in [0.5, 0.6) is 0 Å². The SMILES string of the molecule is C/C=C/NC(=O)N1CCCC(C(=O)OCC)C1. The van der Waals surface area contributed by atoms with Gasteiger partial charge >= 0.3 is 12.0 Å². The predicted molar refractivity (Wildman–Crippen MR) is 64.3 cm³/mol. The number of amides is 2. The maximum atomic E-state index is 11.7. The zero-order valence-corrected chi connectivity index (χ0v) is 10.4. The molecule has 0 bridgehead atoms. The Morgan fingerprint density at radius 1 is 1.53 bits per heavy atom. The molecule has 1 fully saturated rings. The van der Waals surface area contributed by atoms with E-state index in [1.807, 2.05) is 6.92 Å². The van der Waals surface area contributed by atoms with E-state index in [2.05, 4.69) is 5.32 Å². The first-order chi connectivity index (χ1) is 8.19. The number of carbonyl (C=O) groups excluding carboxylic acids is 2. The molecule has 1 aliphatic heterocycles. The van der Waals surface area contributed by atoms with Crippen molar-refractivity contribution < 1.29 is 14.3 Å². The molecule has 1 heterocycles. The molecule has 0 radical (unpaired) electrons. The monoisotopic (exact) mass is 240 g/mol. The van der Waals surface area contributed by atoms with Crippen LogP contribution in [0, 0.1) is 5.92 Å². The van der Waals surface area contributed by atoms with Crippen LogP contribution in [0.1, 0.15) is 26.7 Å². The topological polar surface area (TPSA) is 58.6 Å². The van der Waals surface area contributed by atoms with Gasteiger partial charge in [-0.1, -0.05) is 6.08 Å². The summed E-state index contributed by atoms with van der Waals surface area (Å²) in [5.74, 6) is -0.379. The van der Waals surface area contributed by atoms with Crippen molar-refractivity contribution in [2.45, 2.75) is 26.7 Å². The molecule has 2 amide bonds. The van der Waals surface area contributed by atoms with Gasteiger partial charge in [-0.05, 0) is 26.7 Å². The minimum absolute atomic E-state index is 0.155. The zero-order chi connectivity index (χ0) is 12.7. The molecule has 0 saturated carbocycles. The smallest absolute Gasteiger partial charge is 0.321 e. The minimum Gasteiger partial charge on any atom is -0.466 e. The fourth-order valence-electron chi connectivity index (χ4n) is 1.86. The first-order valence-electron chi connectivity index (χ1n) is 6.02. The van der Waals surface area contributed by atoms with Crippen molar-refractivity contribution in [3.05, 3.63) is 12.3 Å². The number of allylic oxidation sites excluding steroid dienone is 1. The summed E-state index contributed by atoms with van der Waals surface area (Å²) in [6, 6.07) is -0.155. The lowest BCUT2D eigenvalue weighted by Gasteiger charge is -2.31. The third-order valence-corrected chi connectivity index (χ3v) is 2.70. The average Bonchev–Trinajstić information content (AvgIpc) is 2.36. The van der Waals surface area contributed by atoms with Gasteiger partial charge in [-0.15, -0.1) is 0 Å². The quantitative estimate of drug-likeness (QED) is 0.761. The third kappa shape index (κ3) is 4.09. The van der Waals surface area contributed by atoms with E-state index in [4.69, 9.17) is 4.74 Å². The zero-order valence-electron chi connectivity index (χ0n) is 10.4. The third-order valence-electron chi connectivity index (χ3n) is 2.70. The number of urea groups is 1. The molecule has 17 heavy (non-hydrogen) atoms. The molecule has 1 saturated heterocycles. The van der Waals surface area contributed by atoms with Crippen LogP contribution in [0.3, 0.4) is 0 Å². The number of hydrogen-bond donors (Lipinski definition) is 1. The Morgan fingerprint density at radius 3 is 2.94 bits per heavy atom. The molecule has 0 aromatic carbocycles. The Kier molecular flexibility index (Phi) is 5.52. The number of piperidine rings is 1. The van der Waals surface area contributed by atoms with Gasteiger partial charge in [0.25, 0.3) is 0 Å². The Bertz CT molecular complexity index is 302. The summed E-state index contributed by atoms with van der Waals surface area (Å²) >= 11 is 0. The van der Waals surface area contributed by atoms with Crippen LogP contribution in [0.15, 0.2) is 12.3 Å². The molecule has 0 aromatic rings. The van der Waals surface area contributed by atoms with E-state index < -0.39 is 0 Å². The highest BCUT2D eigenvalue weighted by Crippen LogP contribution is 2.17. The fraction of sp³-hybridized carbons (Fsp3) is 0.667. The Hall–Kier alpha value is -1.52. The summed E-state index contributed by atoms with van der Waals surface area (Å²) in [5, 5.41) is 2.65. The van der Waals surface area contributed by atoms with Gasteiger partial charge in [-0.25, -0.2) is 4.79 Å². The van der Waals surface area contributed by atoms with Crippen LogP contribution >= 0.6 is 0 Å². The molecular weight excluding hydrogens is 220 g/mol. The molecular formula is C12H20N2O3. The van der Waals surface area contributed by atoms with Gasteiger partial charge in [-0.3, -0.25) is 4.79 Å². The molecule has 5 nitrogen and oxygen atoms in total. The Balaban J connectivity index is 2.48. The summed E-state index contributed by atoms with van der Waals surface area (Å²) in [7, 11) is 0. The van der Waals surface area contributed by atoms with Crippen LogP contribution in [-0.2, 0) is 9.53 Å². The second-order valence-corrected chi connectivity index (χ2v) is 3.99. The lowest BCUT2D eigenvalue weighted by Crippen LogP contribution is -2.46. The normalized spacial score (nSPS) is 20.4. The van der Waals surface area contributed by atoms with Gasteiger partial charge in [0.1, 0.15) is 0 Å². The molecule has 1 N–H and O–H groups in total. The molecule has 1 atom stereocenters. The van der Waals surface area contributed by atoms with E-state index in [-0.39, 0.29) is 17.9 Å². The maximum absolute atomic E-state index is 11.7. The van der Waals surface area contributed by atoms with Crippen molar-refractivity contribution >= 4 is 12.0 Å². The number of carbonyl (C=O) groups is 2. The highest BCUT2D eigenvalue weighted by Gasteiger charge is 2.28.